The number of sulfonamides is 1. The molecule has 1 aromatic heterocycles. The van der Waals surface area contributed by atoms with Gasteiger partial charge in [-0.25, -0.2) is 13.2 Å². The van der Waals surface area contributed by atoms with E-state index in [9.17, 15) is 13.2 Å². The Hall–Kier alpha value is -2.38. The lowest BCUT2D eigenvalue weighted by atomic mass is 10.0. The number of aromatic nitrogens is 1. The molecule has 27 heavy (non-hydrogen) atoms. The Labute approximate surface area is 158 Å². The van der Waals surface area contributed by atoms with E-state index in [-0.39, 0.29) is 4.90 Å². The van der Waals surface area contributed by atoms with Crippen molar-refractivity contribution in [1.82, 2.24) is 8.87 Å². The molecular formula is C20H22N2O4S. The van der Waals surface area contributed by atoms with Gasteiger partial charge in [0.1, 0.15) is 0 Å². The second kappa shape index (κ2) is 6.98. The zero-order chi connectivity index (χ0) is 19.0. The summed E-state index contributed by atoms with van der Waals surface area (Å²) in [6.45, 7) is 3.57. The van der Waals surface area contributed by atoms with Gasteiger partial charge in [0.2, 0.25) is 10.0 Å². The first kappa shape index (κ1) is 18.0. The summed E-state index contributed by atoms with van der Waals surface area (Å²) in [6, 6.07) is 14.3. The van der Waals surface area contributed by atoms with Gasteiger partial charge in [0.05, 0.1) is 17.0 Å². The molecule has 0 N–H and O–H groups in total. The molecule has 7 heteroatoms. The molecular weight excluding hydrogens is 364 g/mol. The minimum atomic E-state index is -3.58. The number of hydrogen-bond acceptors (Lipinski definition) is 4. The largest absolute Gasteiger partial charge is 0.420 e. The highest BCUT2D eigenvalue weighted by atomic mass is 32.2. The molecule has 0 unspecified atom stereocenters. The molecule has 1 fully saturated rings. The van der Waals surface area contributed by atoms with Crippen LogP contribution in [0.25, 0.3) is 11.1 Å². The van der Waals surface area contributed by atoms with E-state index < -0.39 is 15.8 Å². The predicted octanol–water partition coefficient (Wildman–Crippen LogP) is 3.06. The lowest BCUT2D eigenvalue weighted by molar-refractivity contribution is 0.288. The molecule has 142 valence electrons. The monoisotopic (exact) mass is 386 g/mol. The predicted molar refractivity (Wildman–Crippen MR) is 103 cm³/mol. The van der Waals surface area contributed by atoms with Crippen LogP contribution < -0.4 is 5.76 Å². The number of hydrogen-bond donors (Lipinski definition) is 0. The Bertz CT molecular complexity index is 1110. The standard InChI is InChI=1S/C20H22N2O4S/c1-15-9-11-21(12-10-15)27(24,25)17-7-8-18-19(13-17)26-20(23)22(18)14-16-5-3-2-4-6-16/h2-8,13,15H,9-12,14H2,1H3. The zero-order valence-corrected chi connectivity index (χ0v) is 16.0. The van der Waals surface area contributed by atoms with Gasteiger partial charge in [-0.05, 0) is 36.5 Å². The average molecular weight is 386 g/mol. The summed E-state index contributed by atoms with van der Waals surface area (Å²) in [5.74, 6) is 0.0548. The van der Waals surface area contributed by atoms with Gasteiger partial charge < -0.3 is 4.42 Å². The van der Waals surface area contributed by atoms with Gasteiger partial charge in [-0.3, -0.25) is 4.57 Å². The highest BCUT2D eigenvalue weighted by Crippen LogP contribution is 2.26. The van der Waals surface area contributed by atoms with Crippen LogP contribution in [0, 0.1) is 5.92 Å². The van der Waals surface area contributed by atoms with E-state index in [1.165, 1.54) is 14.9 Å². The van der Waals surface area contributed by atoms with E-state index in [0.29, 0.717) is 36.7 Å². The number of piperidine rings is 1. The Morgan fingerprint density at radius 3 is 2.48 bits per heavy atom. The van der Waals surface area contributed by atoms with E-state index >= 15 is 0 Å². The minimum Gasteiger partial charge on any atom is -0.408 e. The molecule has 2 aromatic carbocycles. The summed E-state index contributed by atoms with van der Waals surface area (Å²) in [5.41, 5.74) is 1.86. The molecule has 2 heterocycles. The summed E-state index contributed by atoms with van der Waals surface area (Å²) >= 11 is 0. The third-order valence-electron chi connectivity index (χ3n) is 5.20. The molecule has 0 radical (unpaired) electrons. The molecule has 1 aliphatic rings. The number of oxazole rings is 1. The van der Waals surface area contributed by atoms with Crippen molar-refractivity contribution in [2.75, 3.05) is 13.1 Å². The van der Waals surface area contributed by atoms with Crippen molar-refractivity contribution in [3.63, 3.8) is 0 Å². The summed E-state index contributed by atoms with van der Waals surface area (Å²) in [6.07, 6.45) is 1.73. The lowest BCUT2D eigenvalue weighted by Gasteiger charge is -2.29. The van der Waals surface area contributed by atoms with Gasteiger partial charge in [-0.15, -0.1) is 0 Å². The van der Waals surface area contributed by atoms with E-state index in [2.05, 4.69) is 6.92 Å². The van der Waals surface area contributed by atoms with Gasteiger partial charge in [0, 0.05) is 19.2 Å². The Kier molecular flexibility index (Phi) is 4.65. The zero-order valence-electron chi connectivity index (χ0n) is 15.2. The first-order valence-electron chi connectivity index (χ1n) is 9.12. The fraction of sp³-hybridized carbons (Fsp3) is 0.350. The van der Waals surface area contributed by atoms with Crippen LogP contribution in [-0.4, -0.2) is 30.4 Å². The molecule has 0 saturated carbocycles. The van der Waals surface area contributed by atoms with E-state index in [1.54, 1.807) is 12.1 Å². The minimum absolute atomic E-state index is 0.171. The summed E-state index contributed by atoms with van der Waals surface area (Å²) in [7, 11) is -3.58. The Morgan fingerprint density at radius 1 is 1.07 bits per heavy atom. The second-order valence-corrected chi connectivity index (χ2v) is 9.09. The lowest BCUT2D eigenvalue weighted by Crippen LogP contribution is -2.37. The number of nitrogens with zero attached hydrogens (tertiary/aromatic N) is 2. The second-order valence-electron chi connectivity index (χ2n) is 7.16. The van der Waals surface area contributed by atoms with Crippen LogP contribution in [0.2, 0.25) is 0 Å². The van der Waals surface area contributed by atoms with Crippen molar-refractivity contribution in [1.29, 1.82) is 0 Å². The molecule has 1 saturated heterocycles. The number of benzene rings is 2. The van der Waals surface area contributed by atoms with Crippen molar-refractivity contribution in [2.24, 2.45) is 5.92 Å². The molecule has 6 nitrogen and oxygen atoms in total. The SMILES string of the molecule is CC1CCN(S(=O)(=O)c2ccc3c(c2)oc(=O)n3Cc2ccccc2)CC1. The molecule has 4 rings (SSSR count). The van der Waals surface area contributed by atoms with Gasteiger partial charge >= 0.3 is 5.76 Å². The van der Waals surface area contributed by atoms with Crippen molar-refractivity contribution < 1.29 is 12.8 Å². The first-order valence-corrected chi connectivity index (χ1v) is 10.6. The molecule has 0 atom stereocenters. The molecule has 0 amide bonds. The average Bonchev–Trinajstić information content (AvgIpc) is 2.97. The Morgan fingerprint density at radius 2 is 1.78 bits per heavy atom. The maximum Gasteiger partial charge on any atom is 0.420 e. The van der Waals surface area contributed by atoms with Crippen molar-refractivity contribution >= 4 is 21.1 Å². The van der Waals surface area contributed by atoms with Crippen LogP contribution >= 0.6 is 0 Å². The highest BCUT2D eigenvalue weighted by Gasteiger charge is 2.28. The first-order chi connectivity index (χ1) is 12.9. The van der Waals surface area contributed by atoms with Crippen molar-refractivity contribution in [2.45, 2.75) is 31.2 Å². The molecule has 0 aliphatic carbocycles. The third kappa shape index (κ3) is 3.44. The van der Waals surface area contributed by atoms with E-state index in [0.717, 1.165) is 18.4 Å². The number of fused-ring (bicyclic) bond motifs is 1. The summed E-state index contributed by atoms with van der Waals surface area (Å²) in [5, 5.41) is 0. The van der Waals surface area contributed by atoms with Crippen LogP contribution in [0.4, 0.5) is 0 Å². The highest BCUT2D eigenvalue weighted by molar-refractivity contribution is 7.89. The summed E-state index contributed by atoms with van der Waals surface area (Å²) < 4.78 is 34.2. The van der Waals surface area contributed by atoms with E-state index in [1.807, 2.05) is 30.3 Å². The topological polar surface area (TPSA) is 72.5 Å². The van der Waals surface area contributed by atoms with E-state index in [4.69, 9.17) is 4.42 Å². The number of rotatable bonds is 4. The molecule has 3 aromatic rings. The van der Waals surface area contributed by atoms with Gasteiger partial charge in [0.25, 0.3) is 0 Å². The van der Waals surface area contributed by atoms with Crippen LogP contribution in [0.3, 0.4) is 0 Å². The maximum absolute atomic E-state index is 12.9. The van der Waals surface area contributed by atoms with Gasteiger partial charge in [-0.1, -0.05) is 37.3 Å². The smallest absolute Gasteiger partial charge is 0.408 e. The van der Waals surface area contributed by atoms with Gasteiger partial charge in [-0.2, -0.15) is 4.31 Å². The van der Waals surface area contributed by atoms with Crippen molar-refractivity contribution in [3.8, 4) is 0 Å². The summed E-state index contributed by atoms with van der Waals surface area (Å²) in [4.78, 5) is 12.4. The fourth-order valence-electron chi connectivity index (χ4n) is 3.50. The van der Waals surface area contributed by atoms with Crippen LogP contribution in [0.5, 0.6) is 0 Å². The van der Waals surface area contributed by atoms with Crippen molar-refractivity contribution in [3.05, 3.63) is 64.6 Å². The Balaban J connectivity index is 1.68. The fourth-order valence-corrected chi connectivity index (χ4v) is 4.98. The van der Waals surface area contributed by atoms with Crippen LogP contribution in [-0.2, 0) is 16.6 Å². The molecule has 0 bridgehead atoms. The van der Waals surface area contributed by atoms with Crippen LogP contribution in [0.15, 0.2) is 62.6 Å². The molecule has 1 aliphatic heterocycles. The van der Waals surface area contributed by atoms with Crippen LogP contribution in [0.1, 0.15) is 25.3 Å². The quantitative estimate of drug-likeness (QED) is 0.691. The normalized spacial score (nSPS) is 16.8. The third-order valence-corrected chi connectivity index (χ3v) is 7.10. The molecule has 0 spiro atoms. The van der Waals surface area contributed by atoms with Gasteiger partial charge in [0.15, 0.2) is 5.58 Å². The maximum atomic E-state index is 12.9.